The summed E-state index contributed by atoms with van der Waals surface area (Å²) in [5.74, 6) is 2.01. The van der Waals surface area contributed by atoms with Crippen LogP contribution >= 0.6 is 11.3 Å². The molecular formula is C17H26N2S. The Morgan fingerprint density at radius 3 is 3.00 bits per heavy atom. The van der Waals surface area contributed by atoms with Crippen molar-refractivity contribution in [1.82, 2.24) is 4.90 Å². The van der Waals surface area contributed by atoms with Gasteiger partial charge in [-0.05, 0) is 60.9 Å². The number of hydrogen-bond acceptors (Lipinski definition) is 3. The van der Waals surface area contributed by atoms with Gasteiger partial charge in [-0.1, -0.05) is 12.8 Å². The second-order valence-corrected chi connectivity index (χ2v) is 8.16. The van der Waals surface area contributed by atoms with Crippen molar-refractivity contribution in [3.05, 3.63) is 21.9 Å². The molecule has 4 rings (SSSR count). The third-order valence-corrected chi connectivity index (χ3v) is 7.03. The second kappa shape index (κ2) is 5.11. The van der Waals surface area contributed by atoms with Crippen LogP contribution in [0.5, 0.6) is 0 Å². The van der Waals surface area contributed by atoms with Crippen LogP contribution in [0.1, 0.15) is 49.0 Å². The van der Waals surface area contributed by atoms with E-state index in [0.717, 1.165) is 24.9 Å². The highest BCUT2D eigenvalue weighted by atomic mass is 32.1. The fourth-order valence-electron chi connectivity index (χ4n) is 4.61. The molecule has 20 heavy (non-hydrogen) atoms. The summed E-state index contributed by atoms with van der Waals surface area (Å²) < 4.78 is 0. The maximum Gasteiger partial charge on any atom is 0.0338 e. The molecule has 0 bridgehead atoms. The number of rotatable bonds is 3. The highest BCUT2D eigenvalue weighted by Crippen LogP contribution is 2.48. The van der Waals surface area contributed by atoms with Crippen LogP contribution in [0.15, 0.2) is 11.4 Å². The van der Waals surface area contributed by atoms with E-state index in [9.17, 15) is 0 Å². The van der Waals surface area contributed by atoms with Crippen LogP contribution in [-0.2, 0) is 13.0 Å². The van der Waals surface area contributed by atoms with E-state index in [0.29, 0.717) is 5.54 Å². The van der Waals surface area contributed by atoms with Crippen LogP contribution in [0.25, 0.3) is 0 Å². The van der Waals surface area contributed by atoms with Gasteiger partial charge in [0.25, 0.3) is 0 Å². The molecule has 3 aliphatic rings. The minimum absolute atomic E-state index is 0.311. The summed E-state index contributed by atoms with van der Waals surface area (Å²) >= 11 is 1.94. The van der Waals surface area contributed by atoms with Crippen LogP contribution in [0.2, 0.25) is 0 Å². The molecule has 2 nitrogen and oxygen atoms in total. The molecule has 2 fully saturated rings. The summed E-state index contributed by atoms with van der Waals surface area (Å²) in [6.45, 7) is 3.23. The molecule has 3 heteroatoms. The molecular weight excluding hydrogens is 264 g/mol. The zero-order valence-electron chi connectivity index (χ0n) is 12.3. The molecule has 0 amide bonds. The SMILES string of the molecule is NCC1(N2CCc3sccc3C2)CCCC(C2CC2)C1. The van der Waals surface area contributed by atoms with Gasteiger partial charge >= 0.3 is 0 Å². The Bertz CT molecular complexity index is 479. The van der Waals surface area contributed by atoms with E-state index in [-0.39, 0.29) is 0 Å². The Hall–Kier alpha value is -0.380. The molecule has 2 unspecified atom stereocenters. The first-order valence-corrected chi connectivity index (χ1v) is 9.19. The van der Waals surface area contributed by atoms with Crippen molar-refractivity contribution in [3.63, 3.8) is 0 Å². The van der Waals surface area contributed by atoms with E-state index in [1.54, 1.807) is 10.4 Å². The van der Waals surface area contributed by atoms with E-state index in [2.05, 4.69) is 16.3 Å². The van der Waals surface area contributed by atoms with Crippen molar-refractivity contribution < 1.29 is 0 Å². The van der Waals surface area contributed by atoms with Crippen molar-refractivity contribution in [3.8, 4) is 0 Å². The zero-order valence-corrected chi connectivity index (χ0v) is 13.1. The molecule has 2 atom stereocenters. The predicted octanol–water partition coefficient (Wildman–Crippen LogP) is 3.40. The van der Waals surface area contributed by atoms with E-state index in [4.69, 9.17) is 5.73 Å². The van der Waals surface area contributed by atoms with Crippen molar-refractivity contribution in [1.29, 1.82) is 0 Å². The van der Waals surface area contributed by atoms with Crippen molar-refractivity contribution in [2.24, 2.45) is 17.6 Å². The summed E-state index contributed by atoms with van der Waals surface area (Å²) in [5, 5.41) is 2.26. The van der Waals surface area contributed by atoms with Gasteiger partial charge in [-0.25, -0.2) is 0 Å². The monoisotopic (exact) mass is 290 g/mol. The van der Waals surface area contributed by atoms with Gasteiger partial charge in [0.05, 0.1) is 0 Å². The second-order valence-electron chi connectivity index (χ2n) is 7.16. The van der Waals surface area contributed by atoms with E-state index in [1.807, 2.05) is 11.3 Å². The first kappa shape index (κ1) is 13.3. The summed E-state index contributed by atoms with van der Waals surface area (Å²) in [6, 6.07) is 2.33. The lowest BCUT2D eigenvalue weighted by atomic mass is 9.72. The normalized spacial score (nSPS) is 35.0. The van der Waals surface area contributed by atoms with E-state index >= 15 is 0 Å². The van der Waals surface area contributed by atoms with Crippen LogP contribution < -0.4 is 5.73 Å². The summed E-state index contributed by atoms with van der Waals surface area (Å²) in [7, 11) is 0. The number of thiophene rings is 1. The quantitative estimate of drug-likeness (QED) is 0.924. The average molecular weight is 290 g/mol. The average Bonchev–Trinajstić information content (AvgIpc) is 3.25. The smallest absolute Gasteiger partial charge is 0.0338 e. The zero-order chi connectivity index (χ0) is 13.6. The maximum absolute atomic E-state index is 6.31. The topological polar surface area (TPSA) is 29.3 Å². The molecule has 2 heterocycles. The first-order chi connectivity index (χ1) is 9.81. The number of nitrogens with two attached hydrogens (primary N) is 1. The third kappa shape index (κ3) is 2.24. The molecule has 0 spiro atoms. The van der Waals surface area contributed by atoms with E-state index in [1.165, 1.54) is 51.5 Å². The molecule has 0 radical (unpaired) electrons. The van der Waals surface area contributed by atoms with Gasteiger partial charge in [0, 0.05) is 30.1 Å². The van der Waals surface area contributed by atoms with Gasteiger partial charge in [-0.3, -0.25) is 4.90 Å². The number of nitrogens with zero attached hydrogens (tertiary/aromatic N) is 1. The first-order valence-electron chi connectivity index (χ1n) is 8.31. The molecule has 2 saturated carbocycles. The molecule has 1 aromatic heterocycles. The minimum Gasteiger partial charge on any atom is -0.329 e. The van der Waals surface area contributed by atoms with Crippen molar-refractivity contribution >= 4 is 11.3 Å². The molecule has 0 aromatic carbocycles. The fourth-order valence-corrected chi connectivity index (χ4v) is 5.50. The summed E-state index contributed by atoms with van der Waals surface area (Å²) in [6.07, 6.45) is 9.76. The summed E-state index contributed by atoms with van der Waals surface area (Å²) in [5.41, 5.74) is 8.19. The largest absolute Gasteiger partial charge is 0.329 e. The lowest BCUT2D eigenvalue weighted by Crippen LogP contribution is -2.57. The molecule has 0 saturated heterocycles. The Morgan fingerprint density at radius 1 is 1.30 bits per heavy atom. The summed E-state index contributed by atoms with van der Waals surface area (Å²) in [4.78, 5) is 4.36. The molecule has 2 N–H and O–H groups in total. The maximum atomic E-state index is 6.31. The Kier molecular flexibility index (Phi) is 3.40. The number of fused-ring (bicyclic) bond motifs is 1. The van der Waals surface area contributed by atoms with Gasteiger partial charge in [0.2, 0.25) is 0 Å². The molecule has 1 aliphatic heterocycles. The van der Waals surface area contributed by atoms with E-state index < -0.39 is 0 Å². The predicted molar refractivity (Wildman–Crippen MR) is 84.9 cm³/mol. The van der Waals surface area contributed by atoms with Gasteiger partial charge in [0.1, 0.15) is 0 Å². The van der Waals surface area contributed by atoms with Gasteiger partial charge in [0.15, 0.2) is 0 Å². The number of hydrogen-bond donors (Lipinski definition) is 1. The molecule has 2 aliphatic carbocycles. The van der Waals surface area contributed by atoms with Gasteiger partial charge in [-0.2, -0.15) is 0 Å². The van der Waals surface area contributed by atoms with Crippen molar-refractivity contribution in [2.45, 2.75) is 57.0 Å². The molecule has 110 valence electrons. The molecule has 1 aromatic rings. The van der Waals surface area contributed by atoms with Crippen molar-refractivity contribution in [2.75, 3.05) is 13.1 Å². The highest BCUT2D eigenvalue weighted by molar-refractivity contribution is 7.10. The Balaban J connectivity index is 1.54. The fraction of sp³-hybridized carbons (Fsp3) is 0.765. The lowest BCUT2D eigenvalue weighted by Gasteiger charge is -2.49. The Morgan fingerprint density at radius 2 is 2.20 bits per heavy atom. The standard InChI is InChI=1S/C17H26N2S/c18-12-17(7-1-2-14(10-17)13-3-4-13)19-8-5-16-15(11-19)6-9-20-16/h6,9,13-14H,1-5,7-8,10-12,18H2. The van der Waals surface area contributed by atoms with Crippen LogP contribution in [0, 0.1) is 11.8 Å². The van der Waals surface area contributed by atoms with Gasteiger partial charge < -0.3 is 5.73 Å². The highest BCUT2D eigenvalue weighted by Gasteiger charge is 2.45. The minimum atomic E-state index is 0.311. The van der Waals surface area contributed by atoms with Crippen LogP contribution in [0.3, 0.4) is 0 Å². The lowest BCUT2D eigenvalue weighted by molar-refractivity contribution is 0.0209. The third-order valence-electron chi connectivity index (χ3n) is 6.01. The van der Waals surface area contributed by atoms with Crippen LogP contribution in [-0.4, -0.2) is 23.5 Å². The van der Waals surface area contributed by atoms with Crippen LogP contribution in [0.4, 0.5) is 0 Å². The Labute approximate surface area is 126 Å². The van der Waals surface area contributed by atoms with Gasteiger partial charge in [-0.15, -0.1) is 11.3 Å².